The van der Waals surface area contributed by atoms with Crippen molar-refractivity contribution >= 4 is 25.5 Å². The van der Waals surface area contributed by atoms with Gasteiger partial charge in [0, 0.05) is 0 Å². The van der Waals surface area contributed by atoms with Crippen LogP contribution in [0.5, 0.6) is 0 Å². The first-order chi connectivity index (χ1) is 7.41. The van der Waals surface area contributed by atoms with Crippen molar-refractivity contribution in [2.75, 3.05) is 6.61 Å². The summed E-state index contributed by atoms with van der Waals surface area (Å²) >= 11 is 1.09. The average molecular weight is 409 g/mol. The predicted molar refractivity (Wildman–Crippen MR) is 69.6 cm³/mol. The molecule has 0 aliphatic heterocycles. The third-order valence-corrected chi connectivity index (χ3v) is 3.55. The quantitative estimate of drug-likeness (QED) is 0.441. The van der Waals surface area contributed by atoms with Crippen LogP contribution in [-0.2, 0) is 2.77 Å². The van der Waals surface area contributed by atoms with Crippen LogP contribution in [0.2, 0.25) is 0 Å². The van der Waals surface area contributed by atoms with Gasteiger partial charge in [0.15, 0.2) is 0 Å². The number of unbranched alkanes of at least 4 members (excludes halogenated alkanes) is 10. The van der Waals surface area contributed by atoms with Crippen LogP contribution >= 0.6 is 0 Å². The van der Waals surface area contributed by atoms with E-state index in [1.807, 2.05) is 0 Å². The van der Waals surface area contributed by atoms with Crippen molar-refractivity contribution in [1.29, 1.82) is 0 Å². The molecule has 0 saturated carbocycles. The normalized spacial score (nSPS) is 10.8. The zero-order chi connectivity index (χ0) is 11.2. The van der Waals surface area contributed by atoms with Crippen LogP contribution in [0, 0.1) is 0 Å². The van der Waals surface area contributed by atoms with Crippen molar-refractivity contribution in [3.63, 3.8) is 0 Å². The fourth-order valence-corrected chi connectivity index (χ4v) is 2.33. The molecular formula is C13H28OPo. The van der Waals surface area contributed by atoms with Gasteiger partial charge in [-0.15, -0.1) is 0 Å². The van der Waals surface area contributed by atoms with Crippen molar-refractivity contribution in [1.82, 2.24) is 0 Å². The molecule has 0 saturated heterocycles. The number of hydrogen-bond acceptors (Lipinski definition) is 1. The Kier molecular flexibility index (Phi) is 15.7. The van der Waals surface area contributed by atoms with E-state index >= 15 is 0 Å². The van der Waals surface area contributed by atoms with E-state index < -0.39 is 0 Å². The van der Waals surface area contributed by atoms with E-state index in [-0.39, 0.29) is 0 Å². The van der Waals surface area contributed by atoms with Crippen LogP contribution in [-0.4, -0.2) is 32.1 Å². The molecule has 15 heavy (non-hydrogen) atoms. The maximum absolute atomic E-state index is 5.14. The molecule has 92 valence electrons. The fourth-order valence-electron chi connectivity index (χ4n) is 1.83. The van der Waals surface area contributed by atoms with Gasteiger partial charge in [-0.25, -0.2) is 0 Å². The summed E-state index contributed by atoms with van der Waals surface area (Å²) in [4.78, 5) is 0. The molecular weight excluding hydrogens is 381 g/mol. The van der Waals surface area contributed by atoms with Crippen LogP contribution in [0.4, 0.5) is 0 Å². The van der Waals surface area contributed by atoms with Gasteiger partial charge in [0.25, 0.3) is 0 Å². The predicted octanol–water partition coefficient (Wildman–Crippen LogP) is 4.13. The molecule has 0 unspecified atom stereocenters. The standard InChI is InChI=1S/C13H27O.Po.H/c1-2-3-4-5-6-7-8-9-10-11-12-13-14;;/h2-13H2,1H3;;/q-1;+1;. The van der Waals surface area contributed by atoms with Gasteiger partial charge in [-0.1, -0.05) is 13.3 Å². The molecule has 0 aliphatic rings. The van der Waals surface area contributed by atoms with Crippen molar-refractivity contribution in [2.24, 2.45) is 0 Å². The molecule has 0 fully saturated rings. The van der Waals surface area contributed by atoms with Crippen LogP contribution < -0.4 is 0 Å². The summed E-state index contributed by atoms with van der Waals surface area (Å²) in [5.41, 5.74) is 0. The van der Waals surface area contributed by atoms with Gasteiger partial charge >= 0.3 is 99.1 Å². The topological polar surface area (TPSA) is 9.23 Å². The Labute approximate surface area is 112 Å². The minimum absolute atomic E-state index is 0.991. The first kappa shape index (κ1) is 15.9. The van der Waals surface area contributed by atoms with Crippen molar-refractivity contribution < 1.29 is 2.77 Å². The monoisotopic (exact) mass is 409 g/mol. The summed E-state index contributed by atoms with van der Waals surface area (Å²) < 4.78 is 5.14. The number of hydrogen-bond donors (Lipinski definition) is 0. The van der Waals surface area contributed by atoms with Crippen molar-refractivity contribution in [3.8, 4) is 0 Å². The Morgan fingerprint density at radius 2 is 1.07 bits per heavy atom. The zero-order valence-corrected chi connectivity index (χ0v) is 13.8. The van der Waals surface area contributed by atoms with Crippen LogP contribution in [0.1, 0.15) is 77.6 Å². The van der Waals surface area contributed by atoms with Crippen molar-refractivity contribution in [3.05, 3.63) is 0 Å². The first-order valence-corrected chi connectivity index (χ1v) is 8.10. The first-order valence-electron chi connectivity index (χ1n) is 6.68. The fraction of sp³-hybridized carbons (Fsp3) is 1.00. The molecule has 0 aromatic carbocycles. The van der Waals surface area contributed by atoms with Crippen LogP contribution in [0.15, 0.2) is 0 Å². The molecule has 0 N–H and O–H groups in total. The van der Waals surface area contributed by atoms with Gasteiger partial charge in [0.2, 0.25) is 0 Å². The third-order valence-electron chi connectivity index (χ3n) is 2.84. The van der Waals surface area contributed by atoms with E-state index in [4.69, 9.17) is 2.77 Å². The molecule has 0 heterocycles. The van der Waals surface area contributed by atoms with Crippen LogP contribution in [0.25, 0.3) is 0 Å². The molecule has 0 aromatic rings. The van der Waals surface area contributed by atoms with E-state index in [2.05, 4.69) is 6.92 Å². The summed E-state index contributed by atoms with van der Waals surface area (Å²) in [7, 11) is 0. The Balaban J connectivity index is 2.81. The zero-order valence-electron chi connectivity index (χ0n) is 10.3. The number of rotatable bonds is 12. The van der Waals surface area contributed by atoms with E-state index in [1.54, 1.807) is 0 Å². The van der Waals surface area contributed by atoms with Gasteiger partial charge in [-0.05, 0) is 0 Å². The van der Waals surface area contributed by atoms with E-state index in [1.165, 1.54) is 70.6 Å². The van der Waals surface area contributed by atoms with Gasteiger partial charge in [-0.2, -0.15) is 0 Å². The van der Waals surface area contributed by atoms with Gasteiger partial charge in [0.05, 0.1) is 0 Å². The summed E-state index contributed by atoms with van der Waals surface area (Å²) in [5, 5.41) is 0. The van der Waals surface area contributed by atoms with E-state index in [0.29, 0.717) is 0 Å². The molecule has 0 aromatic heterocycles. The minimum atomic E-state index is 0.991. The molecule has 1 nitrogen and oxygen atoms in total. The summed E-state index contributed by atoms with van der Waals surface area (Å²) in [6.45, 7) is 3.27. The third kappa shape index (κ3) is 14.9. The Morgan fingerprint density at radius 1 is 0.667 bits per heavy atom. The second-order valence-electron chi connectivity index (χ2n) is 4.37. The molecule has 0 amide bonds. The molecule has 0 spiro atoms. The molecule has 0 atom stereocenters. The molecule has 0 bridgehead atoms. The van der Waals surface area contributed by atoms with Gasteiger partial charge in [0.1, 0.15) is 0 Å². The van der Waals surface area contributed by atoms with Crippen molar-refractivity contribution in [2.45, 2.75) is 77.6 Å². The Hall–Kier alpha value is 0.856. The molecule has 2 heteroatoms. The summed E-state index contributed by atoms with van der Waals surface area (Å²) in [6.07, 6.45) is 15.6. The SMILES string of the molecule is CCCCCCCCCCCCC[O][PoH]. The van der Waals surface area contributed by atoms with Crippen LogP contribution in [0.3, 0.4) is 0 Å². The Bertz CT molecular complexity index is 94.7. The van der Waals surface area contributed by atoms with Gasteiger partial charge in [-0.3, -0.25) is 0 Å². The summed E-state index contributed by atoms with van der Waals surface area (Å²) in [5.74, 6) is 0. The summed E-state index contributed by atoms with van der Waals surface area (Å²) in [6, 6.07) is 0. The average Bonchev–Trinajstić information content (AvgIpc) is 2.26. The molecule has 0 rings (SSSR count). The van der Waals surface area contributed by atoms with Gasteiger partial charge < -0.3 is 0 Å². The second-order valence-corrected chi connectivity index (χ2v) is 5.37. The second kappa shape index (κ2) is 14.9. The molecule has 0 aliphatic carbocycles. The maximum atomic E-state index is 5.14. The van der Waals surface area contributed by atoms with E-state index in [0.717, 1.165) is 32.1 Å². The Morgan fingerprint density at radius 3 is 1.47 bits per heavy atom. The molecule has 0 radical (unpaired) electrons. The van der Waals surface area contributed by atoms with E-state index in [9.17, 15) is 0 Å².